The number of nitrogens with zero attached hydrogens (tertiary/aromatic N) is 8. The van der Waals surface area contributed by atoms with Crippen LogP contribution in [0.1, 0.15) is 40.5 Å². The predicted molar refractivity (Wildman–Crippen MR) is 254 cm³/mol. The molecule has 0 unspecified atom stereocenters. The van der Waals surface area contributed by atoms with Crippen molar-refractivity contribution in [3.8, 4) is 57.1 Å². The van der Waals surface area contributed by atoms with E-state index in [9.17, 15) is 0 Å². The third-order valence-electron chi connectivity index (χ3n) is 10.2. The Morgan fingerprint density at radius 2 is 0.778 bits per heavy atom. The first-order valence-corrected chi connectivity index (χ1v) is 22.7. The quantitative estimate of drug-likeness (QED) is 0.0825. The molecule has 21 heteroatoms. The van der Waals surface area contributed by atoms with Gasteiger partial charge in [-0.1, -0.05) is 168 Å². The molecule has 0 atom stereocenters. The van der Waals surface area contributed by atoms with Gasteiger partial charge in [0.25, 0.3) is 0 Å². The molecule has 5 heterocycles. The van der Waals surface area contributed by atoms with Crippen molar-refractivity contribution in [1.29, 1.82) is 0 Å². The molecule has 7 aromatic rings. The molecular formula is C42H26Cl10N8O2Zn. The van der Waals surface area contributed by atoms with Gasteiger partial charge in [-0.3, -0.25) is 0 Å². The Labute approximate surface area is 422 Å². The van der Waals surface area contributed by atoms with Crippen LogP contribution in [0, 0.1) is 11.8 Å². The summed E-state index contributed by atoms with van der Waals surface area (Å²) in [6.07, 6.45) is 1.42. The molecule has 0 amide bonds. The second kappa shape index (κ2) is 18.2. The molecular weight excluding hydrogens is 1070 g/mol. The molecule has 0 spiro atoms. The van der Waals surface area contributed by atoms with E-state index in [0.717, 1.165) is 0 Å². The first kappa shape index (κ1) is 46.9. The second-order valence-corrected chi connectivity index (χ2v) is 18.9. The zero-order valence-corrected chi connectivity index (χ0v) is 43.7. The summed E-state index contributed by atoms with van der Waals surface area (Å²) < 4.78 is 12.3. The van der Waals surface area contributed by atoms with Gasteiger partial charge in [0.2, 0.25) is 0 Å². The Morgan fingerprint density at radius 3 is 1.22 bits per heavy atom. The number of rotatable bonds is 8. The van der Waals surface area contributed by atoms with E-state index in [2.05, 4.69) is 27.7 Å². The van der Waals surface area contributed by atoms with Gasteiger partial charge in [-0.05, 0) is 35.4 Å². The summed E-state index contributed by atoms with van der Waals surface area (Å²) in [5, 5.41) is 1.99. The minimum absolute atomic E-state index is 0. The van der Waals surface area contributed by atoms with E-state index < -0.39 is 0 Å². The van der Waals surface area contributed by atoms with Gasteiger partial charge in [0.15, 0.2) is 11.5 Å². The van der Waals surface area contributed by atoms with E-state index in [1.54, 1.807) is 0 Å². The predicted octanol–water partition coefficient (Wildman–Crippen LogP) is 15.5. The van der Waals surface area contributed by atoms with Crippen molar-refractivity contribution in [2.75, 3.05) is 13.2 Å². The number of halogens is 10. The molecule has 0 N–H and O–H groups in total. The summed E-state index contributed by atoms with van der Waals surface area (Å²) in [4.78, 5) is 39.2. The summed E-state index contributed by atoms with van der Waals surface area (Å²) in [5.74, 6) is 1.13. The molecule has 0 fully saturated rings. The number of fused-ring (bicyclic) bond motifs is 20. The van der Waals surface area contributed by atoms with Crippen molar-refractivity contribution >= 4 is 160 Å². The molecule has 63 heavy (non-hydrogen) atoms. The molecule has 4 aromatic carbocycles. The summed E-state index contributed by atoms with van der Waals surface area (Å²) in [7, 11) is 0. The van der Waals surface area contributed by atoms with Crippen molar-refractivity contribution in [3.05, 3.63) is 74.5 Å². The van der Waals surface area contributed by atoms with Gasteiger partial charge in [0.1, 0.15) is 10.0 Å². The second-order valence-electron chi connectivity index (χ2n) is 15.1. The number of hydrogen-bond donors (Lipinski definition) is 0. The minimum atomic E-state index is -0.0265. The van der Waals surface area contributed by atoms with E-state index in [4.69, 9.17) is 165 Å². The Hall–Kier alpha value is -2.64. The third-order valence-corrected chi connectivity index (χ3v) is 14.3. The van der Waals surface area contributed by atoms with E-state index in [0.29, 0.717) is 42.1 Å². The van der Waals surface area contributed by atoms with Crippen LogP contribution >= 0.6 is 116 Å². The van der Waals surface area contributed by atoms with Crippen LogP contribution < -0.4 is 19.4 Å². The Bertz CT molecular complexity index is 3250. The molecule has 9 rings (SSSR count). The van der Waals surface area contributed by atoms with Gasteiger partial charge in [-0.15, -0.1) is 0 Å². The Kier molecular flexibility index (Phi) is 13.6. The van der Waals surface area contributed by atoms with E-state index in [1.807, 2.05) is 24.3 Å². The van der Waals surface area contributed by atoms with Gasteiger partial charge >= 0.3 is 19.5 Å². The fourth-order valence-corrected chi connectivity index (χ4v) is 9.79. The standard InChI is InChI=1S/C42H26Cl10N8O2.Zn/c1-13(2)9-11-61-33-27(47)21-19(25(45)31(33)51)38-55-36-16-8-6-5-7-15(16)35(53-36)54-37-17-18(24(44)30(50)29(49)23(17)43)39(56-37)58-40-20-22(42(59-40)60-41(21)57-38)28(48)34(32(52)26(20)46)62-12-10-14(3)4;/h5-8,13-14H,9-12H2,1-4H3;/q-2;+2. The maximum absolute atomic E-state index is 7.23. The van der Waals surface area contributed by atoms with Crippen molar-refractivity contribution in [3.63, 3.8) is 0 Å². The maximum Gasteiger partial charge on any atom is 2.00 e. The fraction of sp³-hybridized carbons (Fsp3) is 0.238. The van der Waals surface area contributed by atoms with Crippen molar-refractivity contribution in [2.45, 2.75) is 40.5 Å². The van der Waals surface area contributed by atoms with E-state index >= 15 is 0 Å². The first-order valence-electron chi connectivity index (χ1n) is 18.9. The largest absolute Gasteiger partial charge is 2.00 e. The van der Waals surface area contributed by atoms with Crippen LogP contribution in [0.2, 0.25) is 50.2 Å². The molecule has 0 aliphatic carbocycles. The fourth-order valence-electron chi connectivity index (χ4n) is 7.00. The normalized spacial score (nSPS) is 12.1. The van der Waals surface area contributed by atoms with Crippen molar-refractivity contribution < 1.29 is 29.0 Å². The average Bonchev–Trinajstić information content (AvgIpc) is 3.98. The van der Waals surface area contributed by atoms with Gasteiger partial charge in [0, 0.05) is 55.6 Å². The van der Waals surface area contributed by atoms with Crippen molar-refractivity contribution in [2.24, 2.45) is 11.8 Å². The molecule has 8 bridgehead atoms. The average molecular weight is 1090 g/mol. The van der Waals surface area contributed by atoms with Crippen LogP contribution in [0.3, 0.4) is 0 Å². The van der Waals surface area contributed by atoms with Crippen LogP contribution in [0.25, 0.3) is 89.7 Å². The summed E-state index contributed by atoms with van der Waals surface area (Å²) >= 11 is 69.7. The summed E-state index contributed by atoms with van der Waals surface area (Å²) in [6.45, 7) is 8.86. The van der Waals surface area contributed by atoms with Gasteiger partial charge < -0.3 is 39.4 Å². The number of benzene rings is 4. The molecule has 2 aliphatic rings. The monoisotopic (exact) mass is 1090 g/mol. The minimum Gasteiger partial charge on any atom is -0.490 e. The molecule has 0 radical (unpaired) electrons. The van der Waals surface area contributed by atoms with Crippen LogP contribution in [0.4, 0.5) is 0 Å². The zero-order chi connectivity index (χ0) is 44.0. The molecule has 0 saturated heterocycles. The summed E-state index contributed by atoms with van der Waals surface area (Å²) in [6, 6.07) is 7.34. The van der Waals surface area contributed by atoms with Crippen LogP contribution in [-0.4, -0.2) is 43.1 Å². The Balaban J connectivity index is 0.00000544. The number of hydrogen-bond acceptors (Lipinski definition) is 8. The maximum atomic E-state index is 7.23. The molecule has 318 valence electrons. The van der Waals surface area contributed by atoms with E-state index in [1.165, 1.54) is 0 Å². The smallest absolute Gasteiger partial charge is 0.490 e. The van der Waals surface area contributed by atoms with Crippen LogP contribution in [-0.2, 0) is 19.5 Å². The third kappa shape index (κ3) is 7.99. The Morgan fingerprint density at radius 1 is 0.429 bits per heavy atom. The van der Waals surface area contributed by atoms with Gasteiger partial charge in [0.05, 0.1) is 76.7 Å². The number of aromatic nitrogens is 8. The topological polar surface area (TPSA) is 124 Å². The van der Waals surface area contributed by atoms with Crippen molar-refractivity contribution in [1.82, 2.24) is 39.9 Å². The van der Waals surface area contributed by atoms with E-state index in [-0.39, 0.29) is 167 Å². The SMILES string of the molecule is CC(C)CCOc1c(Cl)c(Cl)c2c(c1Cl)-c1nc-2nc2[n-]c(nc3nc(nc4[n-]c(n1)c1c(Cl)c(OCCC(C)C)c(Cl)c(Cl)c41)-c1c(Cl)c(Cl)c(Cl)c(Cl)c1-3)c1ccccc21.[Zn+2]. The summed E-state index contributed by atoms with van der Waals surface area (Å²) in [5.41, 5.74) is 1.47. The first-order chi connectivity index (χ1) is 29.6. The molecule has 0 saturated carbocycles. The van der Waals surface area contributed by atoms with Gasteiger partial charge in [-0.25, -0.2) is 9.97 Å². The van der Waals surface area contributed by atoms with Gasteiger partial charge in [-0.2, -0.15) is 0 Å². The van der Waals surface area contributed by atoms with Crippen LogP contribution in [0.15, 0.2) is 24.3 Å². The molecule has 10 nitrogen and oxygen atoms in total. The zero-order valence-electron chi connectivity index (χ0n) is 33.2. The van der Waals surface area contributed by atoms with Crippen LogP contribution in [0.5, 0.6) is 11.5 Å². The molecule has 3 aromatic heterocycles. The molecule has 2 aliphatic heterocycles. The number of ether oxygens (including phenoxy) is 2.